The van der Waals surface area contributed by atoms with E-state index >= 15 is 0 Å². The summed E-state index contributed by atoms with van der Waals surface area (Å²) in [5.74, 6) is -2.67. The number of esters is 5. The highest BCUT2D eigenvalue weighted by atomic mass is 127. The van der Waals surface area contributed by atoms with Gasteiger partial charge in [0.05, 0.1) is 25.3 Å². The Kier molecular flexibility index (Phi) is 11.1. The molecular formula is C28H29IO12. The molecule has 0 aliphatic carbocycles. The van der Waals surface area contributed by atoms with Gasteiger partial charge >= 0.3 is 29.8 Å². The quantitative estimate of drug-likeness (QED) is 0.165. The fourth-order valence-electron chi connectivity index (χ4n) is 4.08. The maximum Gasteiger partial charge on any atom is 0.337 e. The van der Waals surface area contributed by atoms with Crippen LogP contribution >= 0.6 is 22.6 Å². The first-order chi connectivity index (χ1) is 19.4. The number of rotatable bonds is 9. The Labute approximate surface area is 249 Å². The fraction of sp³-hybridized carbons (Fsp3) is 0.393. The first-order valence-corrected chi connectivity index (χ1v) is 13.5. The van der Waals surface area contributed by atoms with E-state index < -0.39 is 58.4 Å². The molecule has 0 amide bonds. The Morgan fingerprint density at radius 3 is 1.78 bits per heavy atom. The maximum atomic E-state index is 12.2. The van der Waals surface area contributed by atoms with E-state index in [2.05, 4.69) is 0 Å². The summed E-state index contributed by atoms with van der Waals surface area (Å²) in [6.45, 7) is 3.38. The minimum atomic E-state index is -1.05. The molecule has 2 aromatic carbocycles. The van der Waals surface area contributed by atoms with Crippen molar-refractivity contribution in [3.8, 4) is 16.9 Å². The number of carbonyl (C=O) groups is 5. The molecule has 2 aromatic rings. The molecule has 12 nitrogen and oxygen atoms in total. The van der Waals surface area contributed by atoms with E-state index in [-0.39, 0.29) is 17.7 Å². The number of carbonyl (C=O) groups excluding carboxylic acids is 5. The molecule has 0 radical (unpaired) electrons. The molecule has 220 valence electrons. The van der Waals surface area contributed by atoms with E-state index in [0.717, 1.165) is 0 Å². The molecule has 0 aromatic heterocycles. The molecular weight excluding hydrogens is 655 g/mol. The third kappa shape index (κ3) is 8.39. The topological polar surface area (TPSA) is 150 Å². The summed E-state index contributed by atoms with van der Waals surface area (Å²) in [6.07, 6.45) is -3.99. The Hall–Kier alpha value is -3.72. The fourth-order valence-corrected chi connectivity index (χ4v) is 4.96. The first kappa shape index (κ1) is 31.8. The van der Waals surface area contributed by atoms with E-state index in [1.165, 1.54) is 41.1 Å². The predicted molar refractivity (Wildman–Crippen MR) is 149 cm³/mol. The van der Waals surface area contributed by atoms with Crippen LogP contribution in [0, 0.1) is 0 Å². The van der Waals surface area contributed by atoms with Crippen LogP contribution in [0.2, 0.25) is 0 Å². The van der Waals surface area contributed by atoms with Crippen molar-refractivity contribution in [1.82, 2.24) is 0 Å². The molecule has 3 rings (SSSR count). The van der Waals surface area contributed by atoms with Crippen LogP contribution in [0.25, 0.3) is 11.1 Å². The van der Waals surface area contributed by atoms with Crippen molar-refractivity contribution in [2.45, 2.75) is 49.3 Å². The van der Waals surface area contributed by atoms with Crippen LogP contribution in [-0.2, 0) is 42.8 Å². The number of halogens is 1. The van der Waals surface area contributed by atoms with Crippen molar-refractivity contribution in [3.63, 3.8) is 0 Å². The SMILES string of the molecule is COC(=O)c1cc(C(=O)OC)cc(-c2ccc(OC3OC(COC(C)=O)C(OC(C)=O)C(OC(C)=O)C3I)cc2)c1. The van der Waals surface area contributed by atoms with Crippen LogP contribution in [0.3, 0.4) is 0 Å². The van der Waals surface area contributed by atoms with Crippen LogP contribution in [-0.4, -0.2) is 79.2 Å². The van der Waals surface area contributed by atoms with Gasteiger partial charge in [0.15, 0.2) is 12.2 Å². The maximum absolute atomic E-state index is 12.2. The molecule has 1 aliphatic rings. The number of hydrogen-bond donors (Lipinski definition) is 0. The zero-order valence-electron chi connectivity index (χ0n) is 22.9. The molecule has 1 saturated heterocycles. The lowest BCUT2D eigenvalue weighted by Gasteiger charge is -2.42. The lowest BCUT2D eigenvalue weighted by atomic mass is 9.99. The van der Waals surface area contributed by atoms with E-state index in [1.807, 2.05) is 22.6 Å². The van der Waals surface area contributed by atoms with Crippen molar-refractivity contribution in [2.75, 3.05) is 20.8 Å². The molecule has 0 bridgehead atoms. The lowest BCUT2D eigenvalue weighted by molar-refractivity contribution is -0.240. The first-order valence-electron chi connectivity index (χ1n) is 12.3. The molecule has 5 atom stereocenters. The summed E-state index contributed by atoms with van der Waals surface area (Å²) in [4.78, 5) is 59.4. The van der Waals surface area contributed by atoms with Gasteiger partial charge in [-0.3, -0.25) is 14.4 Å². The number of hydrogen-bond acceptors (Lipinski definition) is 12. The number of benzene rings is 2. The standard InChI is InChI=1S/C28H29IO12/c1-14(30)37-13-22-24(38-15(2)31)25(39-16(3)32)23(29)28(41-22)40-21-8-6-17(7-9-21)18-10-19(26(33)35-4)12-20(11-18)27(34)36-5/h6-12,22-25,28H,13H2,1-5H3. The van der Waals surface area contributed by atoms with Crippen molar-refractivity contribution in [2.24, 2.45) is 0 Å². The minimum absolute atomic E-state index is 0.173. The molecule has 41 heavy (non-hydrogen) atoms. The van der Waals surface area contributed by atoms with Gasteiger partial charge in [-0.2, -0.15) is 0 Å². The van der Waals surface area contributed by atoms with Gasteiger partial charge < -0.3 is 33.2 Å². The Bertz CT molecular complexity index is 1260. The van der Waals surface area contributed by atoms with Gasteiger partial charge in [0, 0.05) is 20.8 Å². The number of methoxy groups -OCH3 is 2. The zero-order valence-corrected chi connectivity index (χ0v) is 25.1. The summed E-state index contributed by atoms with van der Waals surface area (Å²) >= 11 is 1.98. The van der Waals surface area contributed by atoms with Crippen molar-refractivity contribution < 1.29 is 57.1 Å². The molecule has 5 unspecified atom stereocenters. The number of alkyl halides is 1. The van der Waals surface area contributed by atoms with Crippen LogP contribution < -0.4 is 4.74 Å². The minimum Gasteiger partial charge on any atom is -0.465 e. The van der Waals surface area contributed by atoms with E-state index in [9.17, 15) is 24.0 Å². The summed E-state index contributed by atoms with van der Waals surface area (Å²) in [5.41, 5.74) is 1.56. The molecule has 1 heterocycles. The van der Waals surface area contributed by atoms with E-state index in [4.69, 9.17) is 33.2 Å². The molecule has 0 saturated carbocycles. The highest BCUT2D eigenvalue weighted by Crippen LogP contribution is 2.34. The van der Waals surface area contributed by atoms with Gasteiger partial charge in [-0.25, -0.2) is 9.59 Å². The van der Waals surface area contributed by atoms with Crippen LogP contribution in [0.15, 0.2) is 42.5 Å². The smallest absolute Gasteiger partial charge is 0.337 e. The largest absolute Gasteiger partial charge is 0.465 e. The average molecular weight is 684 g/mol. The third-order valence-corrected chi connectivity index (χ3v) is 7.14. The Balaban J connectivity index is 1.89. The molecule has 0 spiro atoms. The molecule has 13 heteroatoms. The van der Waals surface area contributed by atoms with Crippen LogP contribution in [0.5, 0.6) is 5.75 Å². The van der Waals surface area contributed by atoms with E-state index in [1.54, 1.807) is 36.4 Å². The van der Waals surface area contributed by atoms with Gasteiger partial charge in [-0.05, 0) is 41.5 Å². The lowest BCUT2D eigenvalue weighted by Crippen LogP contribution is -2.60. The summed E-state index contributed by atoms with van der Waals surface area (Å²) < 4.78 is 37.0. The number of ether oxygens (including phenoxy) is 7. The highest BCUT2D eigenvalue weighted by molar-refractivity contribution is 14.1. The van der Waals surface area contributed by atoms with Gasteiger partial charge in [-0.15, -0.1) is 0 Å². The second kappa shape index (κ2) is 14.3. The Morgan fingerprint density at radius 1 is 0.756 bits per heavy atom. The normalized spacial score (nSPS) is 21.7. The van der Waals surface area contributed by atoms with Gasteiger partial charge in [0.2, 0.25) is 6.29 Å². The summed E-state index contributed by atoms with van der Waals surface area (Å²) in [5, 5.41) is 0. The van der Waals surface area contributed by atoms with Gasteiger partial charge in [0.25, 0.3) is 0 Å². The monoisotopic (exact) mass is 684 g/mol. The summed E-state index contributed by atoms with van der Waals surface area (Å²) in [6, 6.07) is 11.2. The molecule has 1 fully saturated rings. The van der Waals surface area contributed by atoms with Crippen molar-refractivity contribution >= 4 is 52.4 Å². The molecule has 0 N–H and O–H groups in total. The third-order valence-electron chi connectivity index (χ3n) is 5.84. The second-order valence-corrected chi connectivity index (χ2v) is 10.3. The van der Waals surface area contributed by atoms with Gasteiger partial charge in [-0.1, -0.05) is 34.7 Å². The highest BCUT2D eigenvalue weighted by Gasteiger charge is 2.50. The average Bonchev–Trinajstić information content (AvgIpc) is 2.94. The van der Waals surface area contributed by atoms with Crippen molar-refractivity contribution in [3.05, 3.63) is 53.6 Å². The van der Waals surface area contributed by atoms with E-state index in [0.29, 0.717) is 16.9 Å². The zero-order chi connectivity index (χ0) is 30.3. The molecule has 1 aliphatic heterocycles. The van der Waals surface area contributed by atoms with Crippen LogP contribution in [0.4, 0.5) is 0 Å². The van der Waals surface area contributed by atoms with Gasteiger partial charge in [0.1, 0.15) is 22.4 Å². The predicted octanol–water partition coefficient (Wildman–Crippen LogP) is 3.26. The Morgan fingerprint density at radius 2 is 1.29 bits per heavy atom. The van der Waals surface area contributed by atoms with Crippen LogP contribution in [0.1, 0.15) is 41.5 Å². The van der Waals surface area contributed by atoms with Crippen molar-refractivity contribution in [1.29, 1.82) is 0 Å². The summed E-state index contributed by atoms with van der Waals surface area (Å²) in [7, 11) is 2.48. The second-order valence-electron chi connectivity index (χ2n) is 8.86.